The smallest absolute Gasteiger partial charge is 0.0595 e. The number of halogens is 3. The number of benzene rings is 2. The lowest BCUT2D eigenvalue weighted by atomic mass is 10.0. The van der Waals surface area contributed by atoms with Crippen LogP contribution in [0.15, 0.2) is 42.5 Å². The van der Waals surface area contributed by atoms with Gasteiger partial charge >= 0.3 is 0 Å². The van der Waals surface area contributed by atoms with E-state index in [9.17, 15) is 0 Å². The van der Waals surface area contributed by atoms with Crippen LogP contribution in [0.3, 0.4) is 0 Å². The van der Waals surface area contributed by atoms with Gasteiger partial charge in [0.25, 0.3) is 0 Å². The fourth-order valence-corrected chi connectivity index (χ4v) is 2.53. The molecule has 2 atom stereocenters. The maximum atomic E-state index is 6.05. The molecule has 2 rings (SSSR count). The molecule has 0 bridgehead atoms. The molecule has 0 spiro atoms. The van der Waals surface area contributed by atoms with Crippen molar-refractivity contribution in [1.82, 2.24) is 5.32 Å². The van der Waals surface area contributed by atoms with Crippen molar-refractivity contribution in [2.24, 2.45) is 0 Å². The van der Waals surface area contributed by atoms with E-state index in [1.165, 1.54) is 5.56 Å². The molecule has 2 aromatic carbocycles. The van der Waals surface area contributed by atoms with Gasteiger partial charge in [0, 0.05) is 17.1 Å². The third kappa shape index (κ3) is 3.89. The van der Waals surface area contributed by atoms with E-state index in [2.05, 4.69) is 19.2 Å². The molecule has 4 heteroatoms. The summed E-state index contributed by atoms with van der Waals surface area (Å²) in [7, 11) is 0. The highest BCUT2D eigenvalue weighted by Gasteiger charge is 2.12. The maximum Gasteiger partial charge on any atom is 0.0595 e. The maximum absolute atomic E-state index is 6.05. The monoisotopic (exact) mass is 327 g/mol. The Morgan fingerprint density at radius 3 is 1.90 bits per heavy atom. The Kier molecular flexibility index (Phi) is 5.34. The van der Waals surface area contributed by atoms with Crippen molar-refractivity contribution in [2.45, 2.75) is 25.9 Å². The van der Waals surface area contributed by atoms with E-state index in [0.717, 1.165) is 10.6 Å². The van der Waals surface area contributed by atoms with Gasteiger partial charge in [-0.15, -0.1) is 0 Å². The lowest BCUT2D eigenvalue weighted by molar-refractivity contribution is 0.495. The SMILES string of the molecule is CC(N[C@H](C)c1ccc(Cl)cc1)c1ccc(Cl)c(Cl)c1. The second kappa shape index (κ2) is 6.82. The average molecular weight is 329 g/mol. The summed E-state index contributed by atoms with van der Waals surface area (Å²) in [4.78, 5) is 0. The van der Waals surface area contributed by atoms with Gasteiger partial charge in [0.2, 0.25) is 0 Å². The largest absolute Gasteiger partial charge is 0.304 e. The van der Waals surface area contributed by atoms with E-state index in [1.807, 2.05) is 42.5 Å². The first kappa shape index (κ1) is 15.7. The fourth-order valence-electron chi connectivity index (χ4n) is 2.10. The number of nitrogens with one attached hydrogen (secondary N) is 1. The lowest BCUT2D eigenvalue weighted by Gasteiger charge is -2.21. The summed E-state index contributed by atoms with van der Waals surface area (Å²) >= 11 is 17.9. The fraction of sp³-hybridized carbons (Fsp3) is 0.250. The molecule has 0 aliphatic rings. The molecule has 1 nitrogen and oxygen atoms in total. The molecule has 1 unspecified atom stereocenters. The summed E-state index contributed by atoms with van der Waals surface area (Å²) in [6.45, 7) is 4.23. The van der Waals surface area contributed by atoms with Crippen molar-refractivity contribution >= 4 is 34.8 Å². The minimum absolute atomic E-state index is 0.176. The Labute approximate surface area is 134 Å². The van der Waals surface area contributed by atoms with Crippen LogP contribution in [0.2, 0.25) is 15.1 Å². The highest BCUT2D eigenvalue weighted by molar-refractivity contribution is 6.42. The van der Waals surface area contributed by atoms with Gasteiger partial charge in [-0.1, -0.05) is 53.0 Å². The molecule has 0 saturated heterocycles. The minimum Gasteiger partial charge on any atom is -0.304 e. The first-order chi connectivity index (χ1) is 9.47. The Morgan fingerprint density at radius 2 is 1.30 bits per heavy atom. The van der Waals surface area contributed by atoms with E-state index in [0.29, 0.717) is 10.0 Å². The molecular formula is C16H16Cl3N. The lowest BCUT2D eigenvalue weighted by Crippen LogP contribution is -2.22. The van der Waals surface area contributed by atoms with Crippen LogP contribution in [0, 0.1) is 0 Å². The van der Waals surface area contributed by atoms with Gasteiger partial charge in [-0.2, -0.15) is 0 Å². The summed E-state index contributed by atoms with van der Waals surface area (Å²) in [5.41, 5.74) is 2.31. The van der Waals surface area contributed by atoms with Crippen LogP contribution in [0.1, 0.15) is 37.1 Å². The summed E-state index contributed by atoms with van der Waals surface area (Å²) in [6.07, 6.45) is 0. The third-order valence-corrected chi connectivity index (χ3v) is 4.30. The normalized spacial score (nSPS) is 14.1. The van der Waals surface area contributed by atoms with Crippen molar-refractivity contribution in [1.29, 1.82) is 0 Å². The average Bonchev–Trinajstić information content (AvgIpc) is 2.42. The zero-order valence-corrected chi connectivity index (χ0v) is 13.6. The second-order valence-electron chi connectivity index (χ2n) is 4.84. The summed E-state index contributed by atoms with van der Waals surface area (Å²) < 4.78 is 0. The van der Waals surface area contributed by atoms with Gasteiger partial charge in [0.15, 0.2) is 0 Å². The third-order valence-electron chi connectivity index (χ3n) is 3.31. The Bertz CT molecular complexity index is 581. The number of rotatable bonds is 4. The van der Waals surface area contributed by atoms with Crippen LogP contribution in [-0.4, -0.2) is 0 Å². The topological polar surface area (TPSA) is 12.0 Å². The molecule has 0 aliphatic carbocycles. The summed E-state index contributed by atoms with van der Waals surface area (Å²) in [5.74, 6) is 0. The van der Waals surface area contributed by atoms with E-state index in [4.69, 9.17) is 34.8 Å². The van der Waals surface area contributed by atoms with Crippen LogP contribution in [0.25, 0.3) is 0 Å². The summed E-state index contributed by atoms with van der Waals surface area (Å²) in [5, 5.41) is 5.44. The molecule has 0 radical (unpaired) electrons. The Hall–Kier alpha value is -0.730. The Balaban J connectivity index is 2.08. The molecule has 1 N–H and O–H groups in total. The number of hydrogen-bond acceptors (Lipinski definition) is 1. The molecule has 0 aliphatic heterocycles. The van der Waals surface area contributed by atoms with Gasteiger partial charge in [-0.3, -0.25) is 0 Å². The molecule has 0 saturated carbocycles. The van der Waals surface area contributed by atoms with Crippen molar-refractivity contribution in [3.05, 3.63) is 68.7 Å². The Morgan fingerprint density at radius 1 is 0.750 bits per heavy atom. The van der Waals surface area contributed by atoms with Crippen LogP contribution < -0.4 is 5.32 Å². The standard InChI is InChI=1S/C16H16Cl3N/c1-10(12-3-6-14(17)7-4-12)20-11(2)13-5-8-15(18)16(19)9-13/h3-11,20H,1-2H3/t10-,11?/m1/s1. The van der Waals surface area contributed by atoms with Gasteiger partial charge < -0.3 is 5.32 Å². The molecule has 0 heterocycles. The van der Waals surface area contributed by atoms with Crippen molar-refractivity contribution < 1.29 is 0 Å². The van der Waals surface area contributed by atoms with Crippen molar-refractivity contribution in [2.75, 3.05) is 0 Å². The summed E-state index contributed by atoms with van der Waals surface area (Å²) in [6, 6.07) is 14.0. The zero-order valence-electron chi connectivity index (χ0n) is 11.3. The first-order valence-corrected chi connectivity index (χ1v) is 7.57. The predicted molar refractivity (Wildman–Crippen MR) is 87.9 cm³/mol. The van der Waals surface area contributed by atoms with Crippen LogP contribution in [0.4, 0.5) is 0 Å². The molecule has 2 aromatic rings. The van der Waals surface area contributed by atoms with Crippen LogP contribution in [-0.2, 0) is 0 Å². The highest BCUT2D eigenvalue weighted by atomic mass is 35.5. The van der Waals surface area contributed by atoms with E-state index in [-0.39, 0.29) is 12.1 Å². The van der Waals surface area contributed by atoms with E-state index >= 15 is 0 Å². The molecular weight excluding hydrogens is 313 g/mol. The highest BCUT2D eigenvalue weighted by Crippen LogP contribution is 2.27. The van der Waals surface area contributed by atoms with Crippen LogP contribution >= 0.6 is 34.8 Å². The molecule has 20 heavy (non-hydrogen) atoms. The molecule has 0 aromatic heterocycles. The first-order valence-electron chi connectivity index (χ1n) is 6.44. The van der Waals surface area contributed by atoms with Crippen molar-refractivity contribution in [3.63, 3.8) is 0 Å². The predicted octanol–water partition coefficient (Wildman–Crippen LogP) is 6.06. The quantitative estimate of drug-likeness (QED) is 0.719. The zero-order chi connectivity index (χ0) is 14.7. The minimum atomic E-state index is 0.176. The second-order valence-corrected chi connectivity index (χ2v) is 6.09. The van der Waals surface area contributed by atoms with Gasteiger partial charge in [0.05, 0.1) is 10.0 Å². The van der Waals surface area contributed by atoms with E-state index in [1.54, 1.807) is 0 Å². The molecule has 0 fully saturated rings. The molecule has 0 amide bonds. The van der Waals surface area contributed by atoms with E-state index < -0.39 is 0 Å². The van der Waals surface area contributed by atoms with Crippen LogP contribution in [0.5, 0.6) is 0 Å². The van der Waals surface area contributed by atoms with Crippen molar-refractivity contribution in [3.8, 4) is 0 Å². The van der Waals surface area contributed by atoms with Gasteiger partial charge in [0.1, 0.15) is 0 Å². The van der Waals surface area contributed by atoms with Gasteiger partial charge in [-0.05, 0) is 49.2 Å². The van der Waals surface area contributed by atoms with Gasteiger partial charge in [-0.25, -0.2) is 0 Å². The number of hydrogen-bond donors (Lipinski definition) is 1. The molecule has 106 valence electrons.